The fourth-order valence-corrected chi connectivity index (χ4v) is 1.82. The molecule has 1 rings (SSSR count). The summed E-state index contributed by atoms with van der Waals surface area (Å²) in [5.41, 5.74) is 4.34. The average molecular weight is 182 g/mol. The Morgan fingerprint density at radius 1 is 1.75 bits per heavy atom. The van der Waals surface area contributed by atoms with E-state index < -0.39 is 0 Å². The Balaban J connectivity index is 2.73. The second-order valence-electron chi connectivity index (χ2n) is 2.82. The van der Waals surface area contributed by atoms with E-state index in [9.17, 15) is 0 Å². The molecule has 0 saturated carbocycles. The van der Waals surface area contributed by atoms with Crippen LogP contribution in [0.25, 0.3) is 6.08 Å². The molecule has 0 saturated heterocycles. The van der Waals surface area contributed by atoms with E-state index in [4.69, 9.17) is 0 Å². The van der Waals surface area contributed by atoms with Crippen LogP contribution in [0, 0.1) is 6.92 Å². The van der Waals surface area contributed by atoms with Gasteiger partial charge in [0.05, 0.1) is 11.2 Å². The Bertz CT molecular complexity index is 276. The lowest BCUT2D eigenvalue weighted by Crippen LogP contribution is -2.08. The van der Waals surface area contributed by atoms with Crippen molar-refractivity contribution in [3.8, 4) is 0 Å². The van der Waals surface area contributed by atoms with Gasteiger partial charge in [-0.05, 0) is 27.0 Å². The number of aryl methyl sites for hydroxylation is 1. The van der Waals surface area contributed by atoms with E-state index in [1.165, 1.54) is 10.5 Å². The number of hydrogen-bond acceptors (Lipinski definition) is 3. The summed E-state index contributed by atoms with van der Waals surface area (Å²) in [7, 11) is 1.96. The molecule has 0 radical (unpaired) electrons. The van der Waals surface area contributed by atoms with Crippen molar-refractivity contribution in [3.63, 3.8) is 0 Å². The van der Waals surface area contributed by atoms with E-state index in [0.29, 0.717) is 0 Å². The molecule has 1 heterocycles. The zero-order chi connectivity index (χ0) is 8.97. The van der Waals surface area contributed by atoms with Crippen LogP contribution >= 0.6 is 11.3 Å². The molecule has 0 amide bonds. The topological polar surface area (TPSA) is 24.9 Å². The fourth-order valence-electron chi connectivity index (χ4n) is 1.00. The van der Waals surface area contributed by atoms with Gasteiger partial charge in [-0.2, -0.15) is 0 Å². The third-order valence-electron chi connectivity index (χ3n) is 1.62. The van der Waals surface area contributed by atoms with Gasteiger partial charge in [-0.3, -0.25) is 0 Å². The van der Waals surface area contributed by atoms with Crippen LogP contribution in [0.3, 0.4) is 0 Å². The highest BCUT2D eigenvalue weighted by Gasteiger charge is 1.97. The maximum absolute atomic E-state index is 4.18. The molecule has 1 aromatic heterocycles. The van der Waals surface area contributed by atoms with Crippen molar-refractivity contribution >= 4 is 17.4 Å². The van der Waals surface area contributed by atoms with Crippen molar-refractivity contribution in [1.82, 2.24) is 10.3 Å². The standard InChI is InChI=1S/C9H14N2S/c1-7(5-10-3)4-9-8(2)11-6-12-9/h4,6,10H,5H2,1-3H3. The average Bonchev–Trinajstić information content (AvgIpc) is 2.37. The van der Waals surface area contributed by atoms with E-state index in [1.54, 1.807) is 11.3 Å². The summed E-state index contributed by atoms with van der Waals surface area (Å²) in [6.45, 7) is 5.10. The Kier molecular flexibility index (Phi) is 3.44. The number of hydrogen-bond donors (Lipinski definition) is 1. The van der Waals surface area contributed by atoms with Crippen LogP contribution in [-0.2, 0) is 0 Å². The van der Waals surface area contributed by atoms with Gasteiger partial charge < -0.3 is 5.32 Å². The van der Waals surface area contributed by atoms with Gasteiger partial charge in [0.15, 0.2) is 0 Å². The van der Waals surface area contributed by atoms with Gasteiger partial charge in [-0.25, -0.2) is 4.98 Å². The van der Waals surface area contributed by atoms with E-state index in [1.807, 2.05) is 19.5 Å². The molecule has 0 spiro atoms. The molecule has 0 bridgehead atoms. The highest BCUT2D eigenvalue weighted by atomic mass is 32.1. The highest BCUT2D eigenvalue weighted by molar-refractivity contribution is 7.10. The van der Waals surface area contributed by atoms with Gasteiger partial charge in [0.2, 0.25) is 0 Å². The summed E-state index contributed by atoms with van der Waals surface area (Å²) in [6, 6.07) is 0. The van der Waals surface area contributed by atoms with Gasteiger partial charge in [0.1, 0.15) is 0 Å². The van der Waals surface area contributed by atoms with E-state index >= 15 is 0 Å². The maximum Gasteiger partial charge on any atom is 0.0801 e. The summed E-state index contributed by atoms with van der Waals surface area (Å²) in [6.07, 6.45) is 2.18. The van der Waals surface area contributed by atoms with Crippen molar-refractivity contribution in [1.29, 1.82) is 0 Å². The summed E-state index contributed by atoms with van der Waals surface area (Å²) >= 11 is 1.69. The Morgan fingerprint density at radius 3 is 3.00 bits per heavy atom. The van der Waals surface area contributed by atoms with Crippen molar-refractivity contribution in [2.75, 3.05) is 13.6 Å². The Hall–Kier alpha value is -0.670. The third-order valence-corrected chi connectivity index (χ3v) is 2.49. The molecule has 2 nitrogen and oxygen atoms in total. The molecule has 1 N–H and O–H groups in total. The predicted octanol–water partition coefficient (Wildman–Crippen LogP) is 2.07. The normalized spacial score (nSPS) is 12.1. The van der Waals surface area contributed by atoms with Gasteiger partial charge in [0, 0.05) is 11.4 Å². The Morgan fingerprint density at radius 2 is 2.50 bits per heavy atom. The van der Waals surface area contributed by atoms with Crippen LogP contribution in [0.5, 0.6) is 0 Å². The van der Waals surface area contributed by atoms with Crippen molar-refractivity contribution in [2.45, 2.75) is 13.8 Å². The van der Waals surface area contributed by atoms with Crippen LogP contribution in [0.15, 0.2) is 11.1 Å². The van der Waals surface area contributed by atoms with Crippen molar-refractivity contribution in [3.05, 3.63) is 21.7 Å². The fraction of sp³-hybridized carbons (Fsp3) is 0.444. The second-order valence-corrected chi connectivity index (χ2v) is 3.71. The number of thiazole rings is 1. The van der Waals surface area contributed by atoms with Crippen LogP contribution in [-0.4, -0.2) is 18.6 Å². The van der Waals surface area contributed by atoms with E-state index in [2.05, 4.69) is 23.3 Å². The number of aromatic nitrogens is 1. The molecule has 0 unspecified atom stereocenters. The molecule has 0 fully saturated rings. The zero-order valence-corrected chi connectivity index (χ0v) is 8.53. The number of nitrogens with zero attached hydrogens (tertiary/aromatic N) is 1. The SMILES string of the molecule is CNCC(C)=Cc1scnc1C. The minimum Gasteiger partial charge on any atom is -0.316 e. The molecule has 0 aliphatic heterocycles. The molecule has 0 aromatic carbocycles. The minimum atomic E-state index is 0.942. The minimum absolute atomic E-state index is 0.942. The van der Waals surface area contributed by atoms with Gasteiger partial charge >= 0.3 is 0 Å². The first-order valence-corrected chi connectivity index (χ1v) is 4.84. The van der Waals surface area contributed by atoms with Crippen LogP contribution in [0.4, 0.5) is 0 Å². The molecule has 3 heteroatoms. The Labute approximate surface area is 77.3 Å². The first kappa shape index (κ1) is 9.42. The quantitative estimate of drug-likeness (QED) is 0.774. The lowest BCUT2D eigenvalue weighted by molar-refractivity contribution is 0.885. The maximum atomic E-state index is 4.18. The molecule has 12 heavy (non-hydrogen) atoms. The molecular weight excluding hydrogens is 168 g/mol. The predicted molar refractivity (Wildman–Crippen MR) is 54.4 cm³/mol. The number of nitrogens with one attached hydrogen (secondary N) is 1. The van der Waals surface area contributed by atoms with Crippen molar-refractivity contribution < 1.29 is 0 Å². The molecule has 1 aromatic rings. The second kappa shape index (κ2) is 4.38. The first-order chi connectivity index (χ1) is 5.74. The summed E-state index contributed by atoms with van der Waals surface area (Å²) in [5.74, 6) is 0. The molecule has 0 atom stereocenters. The smallest absolute Gasteiger partial charge is 0.0801 e. The lowest BCUT2D eigenvalue weighted by Gasteiger charge is -1.97. The lowest BCUT2D eigenvalue weighted by atomic mass is 10.2. The number of rotatable bonds is 3. The number of likely N-dealkylation sites (N-methyl/N-ethyl adjacent to an activating group) is 1. The molecule has 0 aliphatic rings. The van der Waals surface area contributed by atoms with E-state index in [-0.39, 0.29) is 0 Å². The zero-order valence-electron chi connectivity index (χ0n) is 7.72. The van der Waals surface area contributed by atoms with Gasteiger partial charge in [0.25, 0.3) is 0 Å². The largest absolute Gasteiger partial charge is 0.316 e. The third kappa shape index (κ3) is 2.43. The van der Waals surface area contributed by atoms with Crippen LogP contribution in [0.1, 0.15) is 17.5 Å². The van der Waals surface area contributed by atoms with Gasteiger partial charge in [-0.15, -0.1) is 11.3 Å². The van der Waals surface area contributed by atoms with Crippen LogP contribution in [0.2, 0.25) is 0 Å². The molecule has 66 valence electrons. The molecule has 0 aliphatic carbocycles. The molecular formula is C9H14N2S. The summed E-state index contributed by atoms with van der Waals surface area (Å²) < 4.78 is 0. The van der Waals surface area contributed by atoms with Crippen molar-refractivity contribution in [2.24, 2.45) is 0 Å². The monoisotopic (exact) mass is 182 g/mol. The van der Waals surface area contributed by atoms with Gasteiger partial charge in [-0.1, -0.05) is 5.57 Å². The highest BCUT2D eigenvalue weighted by Crippen LogP contribution is 2.15. The van der Waals surface area contributed by atoms with E-state index in [0.717, 1.165) is 12.2 Å². The van der Waals surface area contributed by atoms with Crippen LogP contribution < -0.4 is 5.32 Å². The summed E-state index contributed by atoms with van der Waals surface area (Å²) in [4.78, 5) is 5.45. The summed E-state index contributed by atoms with van der Waals surface area (Å²) in [5, 5.41) is 3.12. The first-order valence-electron chi connectivity index (χ1n) is 3.96.